The maximum atomic E-state index is 10.7. The minimum absolute atomic E-state index is 0.360. The van der Waals surface area contributed by atoms with E-state index in [1.807, 2.05) is 13.0 Å². The first kappa shape index (κ1) is 8.91. The van der Waals surface area contributed by atoms with E-state index in [0.717, 1.165) is 23.1 Å². The summed E-state index contributed by atoms with van der Waals surface area (Å²) in [7, 11) is 0. The van der Waals surface area contributed by atoms with Crippen LogP contribution in [0.15, 0.2) is 12.3 Å². The highest BCUT2D eigenvalue weighted by atomic mass is 16.1. The predicted molar refractivity (Wildman–Crippen MR) is 48.5 cm³/mol. The average molecular weight is 163 g/mol. The highest BCUT2D eigenvalue weighted by Crippen LogP contribution is 2.17. The maximum Gasteiger partial charge on any atom is 0.150 e. The third-order valence-corrected chi connectivity index (χ3v) is 1.85. The third-order valence-electron chi connectivity index (χ3n) is 1.85. The van der Waals surface area contributed by atoms with Gasteiger partial charge >= 0.3 is 0 Å². The van der Waals surface area contributed by atoms with Gasteiger partial charge in [0.15, 0.2) is 0 Å². The second-order valence-corrected chi connectivity index (χ2v) is 3.23. The molecule has 12 heavy (non-hydrogen) atoms. The van der Waals surface area contributed by atoms with Crippen LogP contribution in [0, 0.1) is 6.92 Å². The van der Waals surface area contributed by atoms with E-state index in [0.29, 0.717) is 5.92 Å². The Hall–Kier alpha value is -1.18. The zero-order valence-corrected chi connectivity index (χ0v) is 7.66. The summed E-state index contributed by atoms with van der Waals surface area (Å²) in [6.45, 7) is 6.00. The van der Waals surface area contributed by atoms with Crippen LogP contribution in [0.3, 0.4) is 0 Å². The summed E-state index contributed by atoms with van der Waals surface area (Å²) in [6, 6.07) is 1.82. The van der Waals surface area contributed by atoms with Crippen molar-refractivity contribution in [2.24, 2.45) is 0 Å². The van der Waals surface area contributed by atoms with Crippen LogP contribution >= 0.6 is 0 Å². The van der Waals surface area contributed by atoms with E-state index in [9.17, 15) is 4.79 Å². The number of nitrogens with zero attached hydrogens (tertiary/aromatic N) is 1. The van der Waals surface area contributed by atoms with E-state index in [2.05, 4.69) is 18.8 Å². The van der Waals surface area contributed by atoms with Crippen LogP contribution in [-0.4, -0.2) is 11.3 Å². The molecular weight excluding hydrogens is 150 g/mol. The van der Waals surface area contributed by atoms with Crippen LogP contribution < -0.4 is 0 Å². The molecule has 0 aliphatic carbocycles. The van der Waals surface area contributed by atoms with Gasteiger partial charge in [0.1, 0.15) is 6.29 Å². The number of pyridine rings is 1. The molecule has 2 heteroatoms. The Kier molecular flexibility index (Phi) is 2.58. The van der Waals surface area contributed by atoms with Crippen LogP contribution in [-0.2, 0) is 0 Å². The van der Waals surface area contributed by atoms with Gasteiger partial charge in [0.05, 0.1) is 0 Å². The number of hydrogen-bond acceptors (Lipinski definition) is 2. The molecule has 0 N–H and O–H groups in total. The smallest absolute Gasteiger partial charge is 0.150 e. The second kappa shape index (κ2) is 3.48. The van der Waals surface area contributed by atoms with Crippen LogP contribution in [0.4, 0.5) is 0 Å². The number of rotatable bonds is 2. The first-order chi connectivity index (χ1) is 5.65. The van der Waals surface area contributed by atoms with E-state index in [-0.39, 0.29) is 0 Å². The zero-order chi connectivity index (χ0) is 9.14. The Morgan fingerprint density at radius 3 is 2.67 bits per heavy atom. The number of aromatic nitrogens is 1. The van der Waals surface area contributed by atoms with Crippen LogP contribution in [0.25, 0.3) is 0 Å². The fourth-order valence-electron chi connectivity index (χ4n) is 1.18. The number of carbonyl (C=O) groups excluding carboxylic acids is 1. The number of hydrogen-bond donors (Lipinski definition) is 0. The van der Waals surface area contributed by atoms with Crippen LogP contribution in [0.1, 0.15) is 41.4 Å². The van der Waals surface area contributed by atoms with Gasteiger partial charge in [-0.05, 0) is 24.5 Å². The van der Waals surface area contributed by atoms with Gasteiger partial charge in [-0.2, -0.15) is 0 Å². The molecule has 0 aliphatic rings. The summed E-state index contributed by atoms with van der Waals surface area (Å²) in [5.74, 6) is 0.360. The standard InChI is InChI=1S/C10H13NO/c1-7(2)10-5-11-8(3)4-9(10)6-12/h4-7H,1-3H3. The first-order valence-electron chi connectivity index (χ1n) is 4.07. The monoisotopic (exact) mass is 163 g/mol. The molecule has 0 spiro atoms. The molecule has 0 saturated carbocycles. The van der Waals surface area contributed by atoms with Gasteiger partial charge in [-0.15, -0.1) is 0 Å². The quantitative estimate of drug-likeness (QED) is 0.626. The molecule has 0 aliphatic heterocycles. The van der Waals surface area contributed by atoms with Crippen molar-refractivity contribution in [3.63, 3.8) is 0 Å². The lowest BCUT2D eigenvalue weighted by Gasteiger charge is -2.07. The fourth-order valence-corrected chi connectivity index (χ4v) is 1.18. The predicted octanol–water partition coefficient (Wildman–Crippen LogP) is 2.33. The van der Waals surface area contributed by atoms with E-state index in [1.165, 1.54) is 0 Å². The minimum Gasteiger partial charge on any atom is -0.298 e. The van der Waals surface area contributed by atoms with Crippen molar-refractivity contribution < 1.29 is 4.79 Å². The van der Waals surface area contributed by atoms with E-state index in [1.54, 1.807) is 6.20 Å². The second-order valence-electron chi connectivity index (χ2n) is 3.23. The number of aryl methyl sites for hydroxylation is 1. The van der Waals surface area contributed by atoms with Crippen molar-refractivity contribution in [3.05, 3.63) is 29.1 Å². The summed E-state index contributed by atoms with van der Waals surface area (Å²) < 4.78 is 0. The molecule has 2 nitrogen and oxygen atoms in total. The maximum absolute atomic E-state index is 10.7. The number of aldehydes is 1. The Bertz CT molecular complexity index is 292. The molecule has 64 valence electrons. The normalized spacial score (nSPS) is 10.3. The van der Waals surface area contributed by atoms with Crippen molar-refractivity contribution in [3.8, 4) is 0 Å². The largest absolute Gasteiger partial charge is 0.298 e. The van der Waals surface area contributed by atoms with Crippen molar-refractivity contribution in [2.45, 2.75) is 26.7 Å². The molecule has 0 amide bonds. The third kappa shape index (κ3) is 1.70. The molecular formula is C10H13NO. The Morgan fingerprint density at radius 1 is 1.50 bits per heavy atom. The summed E-state index contributed by atoms with van der Waals surface area (Å²) in [5, 5.41) is 0. The molecule has 0 saturated heterocycles. The highest BCUT2D eigenvalue weighted by Gasteiger charge is 2.05. The molecule has 0 atom stereocenters. The van der Waals surface area contributed by atoms with Crippen molar-refractivity contribution in [1.82, 2.24) is 4.98 Å². The lowest BCUT2D eigenvalue weighted by molar-refractivity contribution is 0.112. The topological polar surface area (TPSA) is 30.0 Å². The summed E-state index contributed by atoms with van der Waals surface area (Å²) in [4.78, 5) is 14.8. The molecule has 1 aromatic heterocycles. The Balaban J connectivity index is 3.20. The van der Waals surface area contributed by atoms with Gasteiger partial charge in [-0.3, -0.25) is 9.78 Å². The average Bonchev–Trinajstić information content (AvgIpc) is 2.03. The first-order valence-corrected chi connectivity index (χ1v) is 4.07. The summed E-state index contributed by atoms with van der Waals surface area (Å²) in [6.07, 6.45) is 2.67. The van der Waals surface area contributed by atoms with E-state index in [4.69, 9.17) is 0 Å². The molecule has 0 bridgehead atoms. The lowest BCUT2D eigenvalue weighted by atomic mass is 10.00. The van der Waals surface area contributed by atoms with E-state index >= 15 is 0 Å². The molecule has 0 unspecified atom stereocenters. The van der Waals surface area contributed by atoms with Gasteiger partial charge < -0.3 is 0 Å². The fraction of sp³-hybridized carbons (Fsp3) is 0.400. The summed E-state index contributed by atoms with van der Waals surface area (Å²) in [5.41, 5.74) is 2.68. The van der Waals surface area contributed by atoms with Gasteiger partial charge in [0, 0.05) is 17.5 Å². The SMILES string of the molecule is Cc1cc(C=O)c(C(C)C)cn1. The lowest BCUT2D eigenvalue weighted by Crippen LogP contribution is -1.97. The number of carbonyl (C=O) groups is 1. The van der Waals surface area contributed by atoms with Crippen LogP contribution in [0.5, 0.6) is 0 Å². The zero-order valence-electron chi connectivity index (χ0n) is 7.66. The molecule has 0 aromatic carbocycles. The van der Waals surface area contributed by atoms with Gasteiger partial charge in [0.2, 0.25) is 0 Å². The van der Waals surface area contributed by atoms with Gasteiger partial charge in [-0.1, -0.05) is 13.8 Å². The van der Waals surface area contributed by atoms with Crippen molar-refractivity contribution >= 4 is 6.29 Å². The molecule has 0 radical (unpaired) electrons. The molecule has 1 aromatic rings. The van der Waals surface area contributed by atoms with Crippen molar-refractivity contribution in [1.29, 1.82) is 0 Å². The Labute approximate surface area is 72.6 Å². The minimum atomic E-state index is 0.360. The van der Waals surface area contributed by atoms with E-state index < -0.39 is 0 Å². The molecule has 1 heterocycles. The van der Waals surface area contributed by atoms with Gasteiger partial charge in [-0.25, -0.2) is 0 Å². The van der Waals surface area contributed by atoms with Crippen molar-refractivity contribution in [2.75, 3.05) is 0 Å². The van der Waals surface area contributed by atoms with Gasteiger partial charge in [0.25, 0.3) is 0 Å². The Morgan fingerprint density at radius 2 is 2.17 bits per heavy atom. The summed E-state index contributed by atoms with van der Waals surface area (Å²) >= 11 is 0. The highest BCUT2D eigenvalue weighted by molar-refractivity contribution is 5.77. The van der Waals surface area contributed by atoms with Crippen LogP contribution in [0.2, 0.25) is 0 Å². The molecule has 0 fully saturated rings. The molecule has 1 rings (SSSR count).